The number of carbonyl (C=O) groups is 2. The Bertz CT molecular complexity index is 1070. The van der Waals surface area contributed by atoms with Gasteiger partial charge in [-0.1, -0.05) is 53.7 Å². The molecule has 0 unspecified atom stereocenters. The average Bonchev–Trinajstić information content (AvgIpc) is 3.27. The summed E-state index contributed by atoms with van der Waals surface area (Å²) in [4.78, 5) is 30.0. The average molecular weight is 373 g/mol. The zero-order chi connectivity index (χ0) is 19.3. The first-order chi connectivity index (χ1) is 13.7. The molecule has 1 saturated heterocycles. The van der Waals surface area contributed by atoms with E-state index in [1.807, 2.05) is 54.6 Å². The summed E-state index contributed by atoms with van der Waals surface area (Å²) < 4.78 is 5.39. The molecule has 6 heteroatoms. The number of hydrogen-bond donors (Lipinski definition) is 0. The molecule has 2 aliphatic heterocycles. The highest BCUT2D eigenvalue weighted by Gasteiger charge is 2.44. The Morgan fingerprint density at radius 1 is 1.07 bits per heavy atom. The second-order valence-electron chi connectivity index (χ2n) is 7.14. The topological polar surface area (TPSA) is 66.7 Å². The van der Waals surface area contributed by atoms with Gasteiger partial charge in [-0.2, -0.15) is 0 Å². The molecule has 1 atom stereocenters. The molecule has 3 heterocycles. The molecule has 0 aliphatic carbocycles. The summed E-state index contributed by atoms with van der Waals surface area (Å²) >= 11 is 0. The lowest BCUT2D eigenvalue weighted by Gasteiger charge is -2.40. The minimum atomic E-state index is -0.372. The summed E-state index contributed by atoms with van der Waals surface area (Å²) in [6.07, 6.45) is 0.371. The number of hydrogen-bond acceptors (Lipinski definition) is 4. The Hall–Kier alpha value is -3.41. The number of carbonyl (C=O) groups excluding carboxylic acids is 2. The monoisotopic (exact) mass is 373 g/mol. The van der Waals surface area contributed by atoms with Crippen LogP contribution in [-0.4, -0.2) is 39.9 Å². The molecule has 6 nitrogen and oxygen atoms in total. The summed E-state index contributed by atoms with van der Waals surface area (Å²) in [7, 11) is 0. The summed E-state index contributed by atoms with van der Waals surface area (Å²) in [5.41, 5.74) is 3.40. The summed E-state index contributed by atoms with van der Waals surface area (Å²) in [5, 5.41) is 4.14. The largest absolute Gasteiger partial charge is 0.360 e. The predicted molar refractivity (Wildman–Crippen MR) is 103 cm³/mol. The minimum Gasteiger partial charge on any atom is -0.360 e. The van der Waals surface area contributed by atoms with Gasteiger partial charge in [0.05, 0.1) is 0 Å². The smallest absolute Gasteiger partial charge is 0.261 e. The molecule has 0 bridgehead atoms. The summed E-state index contributed by atoms with van der Waals surface area (Å²) in [6, 6.07) is 17.1. The van der Waals surface area contributed by atoms with E-state index in [1.165, 1.54) is 0 Å². The number of benzene rings is 2. The van der Waals surface area contributed by atoms with Gasteiger partial charge in [-0.25, -0.2) is 0 Å². The fourth-order valence-corrected chi connectivity index (χ4v) is 4.22. The number of nitrogens with zero attached hydrogens (tertiary/aromatic N) is 3. The lowest BCUT2D eigenvalue weighted by atomic mass is 10.0. The van der Waals surface area contributed by atoms with E-state index in [9.17, 15) is 9.59 Å². The molecule has 1 fully saturated rings. The van der Waals surface area contributed by atoms with Crippen LogP contribution in [0.3, 0.4) is 0 Å². The van der Waals surface area contributed by atoms with Crippen LogP contribution < -0.4 is 0 Å². The van der Waals surface area contributed by atoms with Crippen LogP contribution >= 0.6 is 0 Å². The zero-order valence-electron chi connectivity index (χ0n) is 15.5. The fraction of sp³-hybridized carbons (Fsp3) is 0.227. The normalized spacial score (nSPS) is 18.2. The molecule has 0 N–H and O–H groups in total. The van der Waals surface area contributed by atoms with Crippen molar-refractivity contribution < 1.29 is 14.1 Å². The quantitative estimate of drug-likeness (QED) is 0.688. The van der Waals surface area contributed by atoms with Crippen molar-refractivity contribution in [3.05, 3.63) is 77.0 Å². The highest BCUT2D eigenvalue weighted by Crippen LogP contribution is 2.40. The second kappa shape index (κ2) is 6.34. The van der Waals surface area contributed by atoms with Gasteiger partial charge in [0.2, 0.25) is 0 Å². The first-order valence-electron chi connectivity index (χ1n) is 9.39. The van der Waals surface area contributed by atoms with E-state index in [0.29, 0.717) is 35.7 Å². The lowest BCUT2D eigenvalue weighted by Crippen LogP contribution is -2.48. The molecular weight excluding hydrogens is 354 g/mol. The standard InChI is InChI=1S/C22H19N3O3/c1-14-18(19(23-28-14)15-8-3-2-4-9-15)22(27)25-13-7-12-24-20(25)16-10-5-6-11-17(16)21(24)26/h2-6,8-11,20H,7,12-13H2,1H3/t20-/m0/s1. The number of aryl methyl sites for hydroxylation is 1. The van der Waals surface area contributed by atoms with Crippen molar-refractivity contribution in [2.24, 2.45) is 0 Å². The van der Waals surface area contributed by atoms with Crippen LogP contribution in [0.2, 0.25) is 0 Å². The van der Waals surface area contributed by atoms with Crippen LogP contribution in [0.15, 0.2) is 59.1 Å². The Labute approximate surface area is 162 Å². The number of aromatic nitrogens is 1. The van der Waals surface area contributed by atoms with E-state index in [-0.39, 0.29) is 18.0 Å². The van der Waals surface area contributed by atoms with Crippen LogP contribution in [0.4, 0.5) is 0 Å². The van der Waals surface area contributed by atoms with Crippen molar-refractivity contribution in [2.75, 3.05) is 13.1 Å². The molecule has 2 amide bonds. The van der Waals surface area contributed by atoms with Crippen molar-refractivity contribution in [2.45, 2.75) is 19.5 Å². The number of rotatable bonds is 2. The van der Waals surface area contributed by atoms with Gasteiger partial charge < -0.3 is 14.3 Å². The van der Waals surface area contributed by atoms with E-state index < -0.39 is 0 Å². The molecule has 0 spiro atoms. The van der Waals surface area contributed by atoms with Gasteiger partial charge in [-0.3, -0.25) is 9.59 Å². The molecule has 3 aromatic rings. The maximum atomic E-state index is 13.6. The fourth-order valence-electron chi connectivity index (χ4n) is 4.22. The van der Waals surface area contributed by atoms with Crippen LogP contribution in [0, 0.1) is 6.92 Å². The Balaban J connectivity index is 1.58. The first-order valence-corrected chi connectivity index (χ1v) is 9.39. The summed E-state index contributed by atoms with van der Waals surface area (Å²) in [6.45, 7) is 2.98. The van der Waals surface area contributed by atoms with Gasteiger partial charge in [0.15, 0.2) is 0 Å². The first kappa shape index (κ1) is 16.7. The van der Waals surface area contributed by atoms with Gasteiger partial charge in [-0.05, 0) is 19.4 Å². The molecule has 0 saturated carbocycles. The second-order valence-corrected chi connectivity index (χ2v) is 7.14. The Morgan fingerprint density at radius 2 is 1.82 bits per heavy atom. The molecule has 5 rings (SSSR count). The van der Waals surface area contributed by atoms with Crippen LogP contribution in [0.5, 0.6) is 0 Å². The third kappa shape index (κ3) is 2.37. The van der Waals surface area contributed by atoms with Crippen molar-refractivity contribution >= 4 is 11.8 Å². The van der Waals surface area contributed by atoms with Crippen molar-refractivity contribution in [1.29, 1.82) is 0 Å². The van der Waals surface area contributed by atoms with Crippen molar-refractivity contribution in [1.82, 2.24) is 15.0 Å². The third-order valence-corrected chi connectivity index (χ3v) is 5.50. The molecule has 0 radical (unpaired) electrons. The zero-order valence-corrected chi connectivity index (χ0v) is 15.5. The highest BCUT2D eigenvalue weighted by molar-refractivity contribution is 6.03. The number of amides is 2. The van der Waals surface area contributed by atoms with E-state index in [4.69, 9.17) is 4.52 Å². The van der Waals surface area contributed by atoms with E-state index in [0.717, 1.165) is 17.5 Å². The third-order valence-electron chi connectivity index (χ3n) is 5.50. The van der Waals surface area contributed by atoms with Crippen LogP contribution in [-0.2, 0) is 0 Å². The van der Waals surface area contributed by atoms with Crippen molar-refractivity contribution in [3.63, 3.8) is 0 Å². The van der Waals surface area contributed by atoms with Crippen molar-refractivity contribution in [3.8, 4) is 11.3 Å². The van der Waals surface area contributed by atoms with Gasteiger partial charge in [0.25, 0.3) is 11.8 Å². The van der Waals surface area contributed by atoms with E-state index in [2.05, 4.69) is 5.16 Å². The lowest BCUT2D eigenvalue weighted by molar-refractivity contribution is 0.0164. The van der Waals surface area contributed by atoms with Gasteiger partial charge >= 0.3 is 0 Å². The highest BCUT2D eigenvalue weighted by atomic mass is 16.5. The molecule has 2 aromatic carbocycles. The SMILES string of the molecule is Cc1onc(-c2ccccc2)c1C(=O)N1CCCN2C(=O)c3ccccc3[C@@H]21. The number of fused-ring (bicyclic) bond motifs is 3. The maximum Gasteiger partial charge on any atom is 0.261 e. The van der Waals surface area contributed by atoms with Gasteiger partial charge in [0.1, 0.15) is 23.2 Å². The van der Waals surface area contributed by atoms with E-state index >= 15 is 0 Å². The Kier molecular flexibility index (Phi) is 3.79. The molecule has 1 aromatic heterocycles. The van der Waals surface area contributed by atoms with Gasteiger partial charge in [-0.15, -0.1) is 0 Å². The molecule has 28 heavy (non-hydrogen) atoms. The molecule has 2 aliphatic rings. The Morgan fingerprint density at radius 3 is 2.64 bits per heavy atom. The van der Waals surface area contributed by atoms with Crippen LogP contribution in [0.1, 0.15) is 44.6 Å². The van der Waals surface area contributed by atoms with Gasteiger partial charge in [0, 0.05) is 29.8 Å². The molecular formula is C22H19N3O3. The van der Waals surface area contributed by atoms with E-state index in [1.54, 1.807) is 16.7 Å². The van der Waals surface area contributed by atoms with Crippen LogP contribution in [0.25, 0.3) is 11.3 Å². The summed E-state index contributed by atoms with van der Waals surface area (Å²) in [5.74, 6) is 0.318. The minimum absolute atomic E-state index is 0.0107. The molecule has 140 valence electrons. The predicted octanol–water partition coefficient (Wildman–Crippen LogP) is 3.65. The maximum absolute atomic E-state index is 13.6.